The van der Waals surface area contributed by atoms with E-state index in [1.54, 1.807) is 7.11 Å². The van der Waals surface area contributed by atoms with Gasteiger partial charge in [0, 0.05) is 29.7 Å². The van der Waals surface area contributed by atoms with Gasteiger partial charge in [0.1, 0.15) is 0 Å². The van der Waals surface area contributed by atoms with Gasteiger partial charge in [-0.25, -0.2) is 0 Å². The maximum absolute atomic E-state index is 12.0. The lowest BCUT2D eigenvalue weighted by atomic mass is 10.2. The average Bonchev–Trinajstić information content (AvgIpc) is 2.71. The Morgan fingerprint density at radius 3 is 2.93 bits per heavy atom. The highest BCUT2D eigenvalue weighted by atomic mass is 32.2. The molecule has 1 aliphatic carbocycles. The van der Waals surface area contributed by atoms with Crippen molar-refractivity contribution in [2.24, 2.45) is 0 Å². The van der Waals surface area contributed by atoms with Gasteiger partial charge in [0.25, 0.3) is 0 Å². The molecule has 0 aliphatic heterocycles. The highest BCUT2D eigenvalue weighted by Gasteiger charge is 2.30. The first-order valence-electron chi connectivity index (χ1n) is 5.89. The van der Waals surface area contributed by atoms with Crippen LogP contribution >= 0.6 is 0 Å². The monoisotopic (exact) mass is 233 g/mol. The van der Waals surface area contributed by atoms with Gasteiger partial charge in [-0.1, -0.05) is 13.3 Å². The molecular formula is C11H23NO2S. The minimum Gasteiger partial charge on any atom is -0.384 e. The van der Waals surface area contributed by atoms with Gasteiger partial charge >= 0.3 is 0 Å². The second-order valence-electron chi connectivity index (χ2n) is 4.11. The molecule has 0 spiro atoms. The Hall–Kier alpha value is 0.0700. The Morgan fingerprint density at radius 1 is 1.47 bits per heavy atom. The summed E-state index contributed by atoms with van der Waals surface area (Å²) in [6, 6.07) is 0.475. The molecule has 0 heterocycles. The molecule has 1 rings (SSSR count). The van der Waals surface area contributed by atoms with Gasteiger partial charge in [-0.3, -0.25) is 4.21 Å². The van der Waals surface area contributed by atoms with Gasteiger partial charge in [0.2, 0.25) is 0 Å². The molecule has 1 aliphatic rings. The predicted molar refractivity (Wildman–Crippen MR) is 64.6 cm³/mol. The average molecular weight is 233 g/mol. The maximum atomic E-state index is 12.0. The molecule has 3 nitrogen and oxygen atoms in total. The molecule has 0 aromatic rings. The Bertz CT molecular complexity index is 199. The van der Waals surface area contributed by atoms with Gasteiger partial charge in [-0.05, 0) is 25.8 Å². The molecule has 0 aromatic heterocycles. The van der Waals surface area contributed by atoms with E-state index in [1.165, 1.54) is 12.8 Å². The van der Waals surface area contributed by atoms with Crippen molar-refractivity contribution in [3.05, 3.63) is 0 Å². The van der Waals surface area contributed by atoms with Crippen LogP contribution in [-0.4, -0.2) is 41.5 Å². The fraction of sp³-hybridized carbons (Fsp3) is 1.00. The third-order valence-electron chi connectivity index (χ3n) is 2.94. The Labute approximate surface area is 95.4 Å². The summed E-state index contributed by atoms with van der Waals surface area (Å²) < 4.78 is 16.9. The molecule has 0 aromatic carbocycles. The topological polar surface area (TPSA) is 38.3 Å². The van der Waals surface area contributed by atoms with E-state index in [0.29, 0.717) is 23.7 Å². The van der Waals surface area contributed by atoms with E-state index in [-0.39, 0.29) is 0 Å². The molecule has 1 N–H and O–H groups in total. The van der Waals surface area contributed by atoms with Crippen molar-refractivity contribution < 1.29 is 8.95 Å². The van der Waals surface area contributed by atoms with Gasteiger partial charge in [-0.15, -0.1) is 0 Å². The van der Waals surface area contributed by atoms with Crippen LogP contribution in [0.4, 0.5) is 0 Å². The maximum Gasteiger partial charge on any atom is 0.0577 e. The lowest BCUT2D eigenvalue weighted by Gasteiger charge is -2.20. The first-order chi connectivity index (χ1) is 7.29. The summed E-state index contributed by atoms with van der Waals surface area (Å²) in [5.41, 5.74) is 0. The lowest BCUT2D eigenvalue weighted by molar-refractivity contribution is 0.217. The van der Waals surface area contributed by atoms with E-state index in [1.807, 2.05) is 0 Å². The second kappa shape index (κ2) is 7.36. The highest BCUT2D eigenvalue weighted by molar-refractivity contribution is 7.85. The molecule has 0 saturated heterocycles. The number of rotatable bonds is 7. The minimum absolute atomic E-state index is 0.353. The summed E-state index contributed by atoms with van der Waals surface area (Å²) in [7, 11) is 0.949. The van der Waals surface area contributed by atoms with Gasteiger partial charge in [-0.2, -0.15) is 0 Å². The van der Waals surface area contributed by atoms with E-state index < -0.39 is 10.8 Å². The zero-order chi connectivity index (χ0) is 11.1. The number of hydrogen-bond donors (Lipinski definition) is 1. The van der Waals surface area contributed by atoms with E-state index >= 15 is 0 Å². The molecule has 90 valence electrons. The SMILES string of the molecule is CCCNC1CCCC1S(=O)CCOC. The molecule has 1 fully saturated rings. The Morgan fingerprint density at radius 2 is 2.27 bits per heavy atom. The van der Waals surface area contributed by atoms with Crippen molar-refractivity contribution in [3.63, 3.8) is 0 Å². The second-order valence-corrected chi connectivity index (χ2v) is 5.88. The summed E-state index contributed by atoms with van der Waals surface area (Å²) >= 11 is 0. The van der Waals surface area contributed by atoms with Gasteiger partial charge in [0.05, 0.1) is 11.9 Å². The third kappa shape index (κ3) is 4.21. The van der Waals surface area contributed by atoms with Gasteiger partial charge in [0.15, 0.2) is 0 Å². The van der Waals surface area contributed by atoms with Crippen molar-refractivity contribution in [2.45, 2.75) is 43.9 Å². The van der Waals surface area contributed by atoms with Crippen molar-refractivity contribution in [1.82, 2.24) is 5.32 Å². The molecule has 15 heavy (non-hydrogen) atoms. The van der Waals surface area contributed by atoms with Crippen molar-refractivity contribution >= 4 is 10.8 Å². The number of hydrogen-bond acceptors (Lipinski definition) is 3. The van der Waals surface area contributed by atoms with Crippen LogP contribution in [0.5, 0.6) is 0 Å². The van der Waals surface area contributed by atoms with Crippen molar-refractivity contribution in [2.75, 3.05) is 26.0 Å². The quantitative estimate of drug-likeness (QED) is 0.720. The molecule has 3 unspecified atom stereocenters. The summed E-state index contributed by atoms with van der Waals surface area (Å²) in [6.07, 6.45) is 4.65. The van der Waals surface area contributed by atoms with E-state index in [0.717, 1.165) is 19.4 Å². The van der Waals surface area contributed by atoms with Crippen LogP contribution < -0.4 is 5.32 Å². The third-order valence-corrected chi connectivity index (χ3v) is 4.74. The molecular weight excluding hydrogens is 210 g/mol. The van der Waals surface area contributed by atoms with Crippen LogP contribution in [0.2, 0.25) is 0 Å². The van der Waals surface area contributed by atoms with Crippen LogP contribution in [0.1, 0.15) is 32.6 Å². The van der Waals surface area contributed by atoms with E-state index in [9.17, 15) is 4.21 Å². The van der Waals surface area contributed by atoms with E-state index in [4.69, 9.17) is 4.74 Å². The first kappa shape index (κ1) is 13.1. The lowest BCUT2D eigenvalue weighted by Crippen LogP contribution is -2.39. The molecule has 0 radical (unpaired) electrons. The largest absolute Gasteiger partial charge is 0.384 e. The number of nitrogens with one attached hydrogen (secondary N) is 1. The van der Waals surface area contributed by atoms with Crippen LogP contribution in [0.3, 0.4) is 0 Å². The first-order valence-corrected chi connectivity index (χ1v) is 7.27. The predicted octanol–water partition coefficient (Wildman–Crippen LogP) is 1.30. The van der Waals surface area contributed by atoms with Crippen molar-refractivity contribution in [3.8, 4) is 0 Å². The zero-order valence-electron chi connectivity index (χ0n) is 9.83. The summed E-state index contributed by atoms with van der Waals surface area (Å²) in [4.78, 5) is 0. The Kier molecular flexibility index (Phi) is 6.45. The molecule has 0 bridgehead atoms. The van der Waals surface area contributed by atoms with Crippen LogP contribution in [-0.2, 0) is 15.5 Å². The smallest absolute Gasteiger partial charge is 0.0577 e. The normalized spacial score (nSPS) is 28.1. The number of ether oxygens (including phenoxy) is 1. The molecule has 4 heteroatoms. The fourth-order valence-corrected chi connectivity index (χ4v) is 3.78. The zero-order valence-corrected chi connectivity index (χ0v) is 10.6. The summed E-state index contributed by atoms with van der Waals surface area (Å²) in [5.74, 6) is 0.686. The summed E-state index contributed by atoms with van der Waals surface area (Å²) in [6.45, 7) is 3.82. The van der Waals surface area contributed by atoms with Crippen LogP contribution in [0.25, 0.3) is 0 Å². The fourth-order valence-electron chi connectivity index (χ4n) is 2.12. The molecule has 1 saturated carbocycles. The summed E-state index contributed by atoms with van der Waals surface area (Å²) in [5, 5.41) is 3.86. The Balaban J connectivity index is 2.34. The molecule has 0 amide bonds. The minimum atomic E-state index is -0.716. The molecule has 3 atom stereocenters. The number of methoxy groups -OCH3 is 1. The van der Waals surface area contributed by atoms with Crippen LogP contribution in [0, 0.1) is 0 Å². The highest BCUT2D eigenvalue weighted by Crippen LogP contribution is 2.24. The van der Waals surface area contributed by atoms with Crippen molar-refractivity contribution in [1.29, 1.82) is 0 Å². The van der Waals surface area contributed by atoms with Crippen LogP contribution in [0.15, 0.2) is 0 Å². The van der Waals surface area contributed by atoms with Gasteiger partial charge < -0.3 is 10.1 Å². The standard InChI is InChI=1S/C11H23NO2S/c1-3-7-12-10-5-4-6-11(10)15(13)9-8-14-2/h10-12H,3-9H2,1-2H3. The van der Waals surface area contributed by atoms with E-state index in [2.05, 4.69) is 12.2 Å².